The Morgan fingerprint density at radius 3 is 2.38 bits per heavy atom. The van der Waals surface area contributed by atoms with Gasteiger partial charge in [-0.2, -0.15) is 5.10 Å². The van der Waals surface area contributed by atoms with Crippen LogP contribution in [0.4, 0.5) is 0 Å². The van der Waals surface area contributed by atoms with Crippen molar-refractivity contribution < 1.29 is 0 Å². The Bertz CT molecular complexity index is 804. The van der Waals surface area contributed by atoms with E-state index in [0.717, 1.165) is 15.7 Å². The van der Waals surface area contributed by atoms with Gasteiger partial charge in [-0.3, -0.25) is 0 Å². The molecule has 0 saturated carbocycles. The predicted octanol–water partition coefficient (Wildman–Crippen LogP) is 3.15. The first kappa shape index (κ1) is 13.8. The van der Waals surface area contributed by atoms with Crippen molar-refractivity contribution in [1.82, 2.24) is 14.3 Å². The molecule has 5 heteroatoms. The van der Waals surface area contributed by atoms with E-state index in [1.807, 2.05) is 61.5 Å². The molecule has 0 aliphatic heterocycles. The lowest BCUT2D eigenvalue weighted by Gasteiger charge is -2.02. The molecule has 3 rings (SSSR count). The smallest absolute Gasteiger partial charge is 0.247 e. The summed E-state index contributed by atoms with van der Waals surface area (Å²) in [5, 5.41) is 4.36. The molecule has 0 spiro atoms. The standard InChI is InChI=1S/C16H14BrN3O/c1-12-18-19(11-13-5-3-2-4-6-13)16(21)20(12)15-9-7-14(17)8-10-15/h2-10H,11H2,1H3. The van der Waals surface area contributed by atoms with Crippen LogP contribution in [0.1, 0.15) is 11.4 Å². The highest BCUT2D eigenvalue weighted by Crippen LogP contribution is 2.13. The molecule has 0 saturated heterocycles. The summed E-state index contributed by atoms with van der Waals surface area (Å²) < 4.78 is 4.09. The number of halogens is 1. The summed E-state index contributed by atoms with van der Waals surface area (Å²) in [6.45, 7) is 2.31. The van der Waals surface area contributed by atoms with Crippen LogP contribution in [0.5, 0.6) is 0 Å². The Balaban J connectivity index is 2.01. The molecule has 2 aromatic carbocycles. The van der Waals surface area contributed by atoms with Crippen LogP contribution in [-0.2, 0) is 6.54 Å². The first-order valence-corrected chi connectivity index (χ1v) is 7.41. The number of aromatic nitrogens is 3. The number of hydrogen-bond acceptors (Lipinski definition) is 2. The monoisotopic (exact) mass is 343 g/mol. The largest absolute Gasteiger partial charge is 0.350 e. The molecule has 0 aliphatic carbocycles. The van der Waals surface area contributed by atoms with E-state index in [-0.39, 0.29) is 5.69 Å². The van der Waals surface area contributed by atoms with Crippen LogP contribution in [0.2, 0.25) is 0 Å². The first-order valence-electron chi connectivity index (χ1n) is 6.61. The molecule has 0 atom stereocenters. The van der Waals surface area contributed by atoms with Gasteiger partial charge in [0.15, 0.2) is 0 Å². The summed E-state index contributed by atoms with van der Waals surface area (Å²) in [7, 11) is 0. The van der Waals surface area contributed by atoms with Crippen LogP contribution in [0.3, 0.4) is 0 Å². The summed E-state index contributed by atoms with van der Waals surface area (Å²) >= 11 is 3.40. The quantitative estimate of drug-likeness (QED) is 0.732. The third kappa shape index (κ3) is 2.83. The third-order valence-electron chi connectivity index (χ3n) is 3.26. The lowest BCUT2D eigenvalue weighted by Crippen LogP contribution is -2.24. The van der Waals surface area contributed by atoms with E-state index in [9.17, 15) is 4.79 Å². The van der Waals surface area contributed by atoms with Gasteiger partial charge < -0.3 is 0 Å². The van der Waals surface area contributed by atoms with Gasteiger partial charge in [-0.05, 0) is 36.8 Å². The second kappa shape index (κ2) is 5.69. The first-order chi connectivity index (χ1) is 10.1. The lowest BCUT2D eigenvalue weighted by molar-refractivity contribution is 0.651. The van der Waals surface area contributed by atoms with Gasteiger partial charge in [-0.25, -0.2) is 14.0 Å². The summed E-state index contributed by atoms with van der Waals surface area (Å²) in [5.74, 6) is 0.679. The fourth-order valence-corrected chi connectivity index (χ4v) is 2.53. The van der Waals surface area contributed by atoms with Crippen LogP contribution in [0, 0.1) is 6.92 Å². The summed E-state index contributed by atoms with van der Waals surface area (Å²) in [6, 6.07) is 17.5. The second-order valence-corrected chi connectivity index (χ2v) is 5.70. The molecule has 4 nitrogen and oxygen atoms in total. The van der Waals surface area contributed by atoms with Crippen LogP contribution in [0.25, 0.3) is 5.69 Å². The van der Waals surface area contributed by atoms with Gasteiger partial charge in [0.1, 0.15) is 5.82 Å². The Labute approximate surface area is 130 Å². The molecule has 1 heterocycles. The van der Waals surface area contributed by atoms with Crippen molar-refractivity contribution in [3.05, 3.63) is 80.9 Å². The minimum absolute atomic E-state index is 0.126. The maximum absolute atomic E-state index is 12.5. The third-order valence-corrected chi connectivity index (χ3v) is 3.79. The fourth-order valence-electron chi connectivity index (χ4n) is 2.26. The van der Waals surface area contributed by atoms with Crippen LogP contribution >= 0.6 is 15.9 Å². The molecule has 1 aromatic heterocycles. The molecule has 0 radical (unpaired) electrons. The van der Waals surface area contributed by atoms with Gasteiger partial charge in [0.2, 0.25) is 0 Å². The Kier molecular flexibility index (Phi) is 3.75. The topological polar surface area (TPSA) is 39.8 Å². The predicted molar refractivity (Wildman–Crippen MR) is 85.8 cm³/mol. The number of benzene rings is 2. The van der Waals surface area contributed by atoms with Crippen molar-refractivity contribution in [2.75, 3.05) is 0 Å². The van der Waals surface area contributed by atoms with Crippen LogP contribution in [-0.4, -0.2) is 14.3 Å². The average molecular weight is 344 g/mol. The molecule has 0 N–H and O–H groups in total. The van der Waals surface area contributed by atoms with Gasteiger partial charge in [0.05, 0.1) is 12.2 Å². The number of nitrogens with zero attached hydrogens (tertiary/aromatic N) is 3. The summed E-state index contributed by atoms with van der Waals surface area (Å²) in [6.07, 6.45) is 0. The minimum Gasteiger partial charge on any atom is -0.247 e. The Hall–Kier alpha value is -2.14. The van der Waals surface area contributed by atoms with E-state index in [1.54, 1.807) is 4.57 Å². The molecule has 0 fully saturated rings. The number of rotatable bonds is 3. The summed E-state index contributed by atoms with van der Waals surface area (Å²) in [4.78, 5) is 12.5. The molecule has 0 aliphatic rings. The van der Waals surface area contributed by atoms with E-state index >= 15 is 0 Å². The highest BCUT2D eigenvalue weighted by atomic mass is 79.9. The van der Waals surface area contributed by atoms with Crippen molar-refractivity contribution in [1.29, 1.82) is 0 Å². The van der Waals surface area contributed by atoms with Gasteiger partial charge in [-0.1, -0.05) is 46.3 Å². The molecule has 21 heavy (non-hydrogen) atoms. The molecule has 0 bridgehead atoms. The molecular formula is C16H14BrN3O. The van der Waals surface area contributed by atoms with Crippen molar-refractivity contribution in [3.63, 3.8) is 0 Å². The van der Waals surface area contributed by atoms with Crippen LogP contribution < -0.4 is 5.69 Å². The lowest BCUT2D eigenvalue weighted by atomic mass is 10.2. The van der Waals surface area contributed by atoms with Gasteiger partial charge in [-0.15, -0.1) is 0 Å². The fraction of sp³-hybridized carbons (Fsp3) is 0.125. The normalized spacial score (nSPS) is 10.8. The molecule has 0 unspecified atom stereocenters. The van der Waals surface area contributed by atoms with Gasteiger partial charge >= 0.3 is 5.69 Å². The van der Waals surface area contributed by atoms with E-state index in [4.69, 9.17) is 0 Å². The number of hydrogen-bond donors (Lipinski definition) is 0. The Morgan fingerprint density at radius 2 is 1.71 bits per heavy atom. The van der Waals surface area contributed by atoms with Crippen molar-refractivity contribution >= 4 is 15.9 Å². The van der Waals surface area contributed by atoms with E-state index < -0.39 is 0 Å². The Morgan fingerprint density at radius 1 is 1.05 bits per heavy atom. The van der Waals surface area contributed by atoms with Crippen molar-refractivity contribution in [2.24, 2.45) is 0 Å². The minimum atomic E-state index is -0.126. The summed E-state index contributed by atoms with van der Waals surface area (Å²) in [5.41, 5.74) is 1.75. The SMILES string of the molecule is Cc1nn(Cc2ccccc2)c(=O)n1-c1ccc(Br)cc1. The van der Waals surface area contributed by atoms with E-state index in [2.05, 4.69) is 21.0 Å². The van der Waals surface area contributed by atoms with Crippen molar-refractivity contribution in [3.8, 4) is 5.69 Å². The van der Waals surface area contributed by atoms with E-state index in [0.29, 0.717) is 12.4 Å². The zero-order valence-electron chi connectivity index (χ0n) is 11.5. The van der Waals surface area contributed by atoms with Crippen molar-refractivity contribution in [2.45, 2.75) is 13.5 Å². The second-order valence-electron chi connectivity index (χ2n) is 4.78. The molecule has 0 amide bonds. The average Bonchev–Trinajstić information content (AvgIpc) is 2.76. The molecule has 106 valence electrons. The highest BCUT2D eigenvalue weighted by molar-refractivity contribution is 9.10. The van der Waals surface area contributed by atoms with E-state index in [1.165, 1.54) is 4.68 Å². The highest BCUT2D eigenvalue weighted by Gasteiger charge is 2.11. The number of aryl methyl sites for hydroxylation is 1. The van der Waals surface area contributed by atoms with Gasteiger partial charge in [0.25, 0.3) is 0 Å². The van der Waals surface area contributed by atoms with Gasteiger partial charge in [0, 0.05) is 4.47 Å². The zero-order chi connectivity index (χ0) is 14.8. The maximum atomic E-state index is 12.5. The zero-order valence-corrected chi connectivity index (χ0v) is 13.1. The molecular weight excluding hydrogens is 330 g/mol. The maximum Gasteiger partial charge on any atom is 0.350 e. The molecule has 3 aromatic rings. The van der Waals surface area contributed by atoms with Crippen LogP contribution in [0.15, 0.2) is 63.9 Å².